The molecule has 7 nitrogen and oxygen atoms in total. The highest BCUT2D eigenvalue weighted by molar-refractivity contribution is 6.36. The van der Waals surface area contributed by atoms with Crippen LogP contribution in [0.3, 0.4) is 0 Å². The molecule has 0 radical (unpaired) electrons. The number of halogens is 2. The minimum Gasteiger partial charge on any atom is -0.393 e. The number of benzene rings is 2. The van der Waals surface area contributed by atoms with Crippen LogP contribution in [0.2, 0.25) is 10.0 Å². The molecule has 0 aliphatic carbocycles. The first-order valence-electron chi connectivity index (χ1n) is 11.3. The maximum Gasteiger partial charge on any atom is 0.229 e. The minimum absolute atomic E-state index is 0.181. The topological polar surface area (TPSA) is 78.2 Å². The second kappa shape index (κ2) is 9.70. The molecule has 0 unspecified atom stereocenters. The molecule has 9 heteroatoms. The van der Waals surface area contributed by atoms with Gasteiger partial charge in [0.05, 0.1) is 11.6 Å². The zero-order valence-electron chi connectivity index (χ0n) is 18.8. The number of aliphatic hydroxyl groups excluding tert-OH is 1. The van der Waals surface area contributed by atoms with Crippen LogP contribution in [0, 0.1) is 0 Å². The molecule has 4 aromatic rings. The number of hydrogen-bond donors (Lipinski definition) is 3. The summed E-state index contributed by atoms with van der Waals surface area (Å²) in [6, 6.07) is 15.7. The van der Waals surface area contributed by atoms with Gasteiger partial charge in [0.25, 0.3) is 0 Å². The van der Waals surface area contributed by atoms with Crippen molar-refractivity contribution in [1.82, 2.24) is 14.5 Å². The minimum atomic E-state index is -0.181. The lowest BCUT2D eigenvalue weighted by Crippen LogP contribution is -2.35. The second-order valence-corrected chi connectivity index (χ2v) is 9.31. The average molecular weight is 497 g/mol. The molecule has 3 N–H and O–H groups in total. The van der Waals surface area contributed by atoms with Gasteiger partial charge in [0.1, 0.15) is 5.52 Å². The van der Waals surface area contributed by atoms with Crippen molar-refractivity contribution in [2.75, 3.05) is 28.6 Å². The third kappa shape index (κ3) is 4.78. The Morgan fingerprint density at radius 2 is 1.71 bits per heavy atom. The van der Waals surface area contributed by atoms with Crippen molar-refractivity contribution >= 4 is 57.4 Å². The smallest absolute Gasteiger partial charge is 0.229 e. The van der Waals surface area contributed by atoms with Gasteiger partial charge in [-0.25, -0.2) is 4.98 Å². The summed E-state index contributed by atoms with van der Waals surface area (Å²) in [5.74, 6) is 1.19. The summed E-state index contributed by atoms with van der Waals surface area (Å²) < 4.78 is 1.99. The van der Waals surface area contributed by atoms with Crippen LogP contribution >= 0.6 is 23.2 Å². The summed E-state index contributed by atoms with van der Waals surface area (Å²) in [5, 5.41) is 17.7. The molecule has 0 amide bonds. The largest absolute Gasteiger partial charge is 0.393 e. The number of anilines is 4. The van der Waals surface area contributed by atoms with Crippen LogP contribution in [0.4, 0.5) is 23.1 Å². The number of aromatic nitrogens is 3. The van der Waals surface area contributed by atoms with Crippen molar-refractivity contribution in [3.05, 3.63) is 70.3 Å². The normalized spacial score (nSPS) is 14.5. The summed E-state index contributed by atoms with van der Waals surface area (Å²) >= 11 is 12.7. The molecule has 0 bridgehead atoms. The van der Waals surface area contributed by atoms with E-state index in [1.807, 2.05) is 54.2 Å². The van der Waals surface area contributed by atoms with Gasteiger partial charge in [-0.05, 0) is 55.3 Å². The molecular formula is C25H26Cl2N6O. The van der Waals surface area contributed by atoms with Crippen LogP contribution < -0.4 is 15.5 Å². The van der Waals surface area contributed by atoms with E-state index in [-0.39, 0.29) is 6.10 Å². The number of nitrogens with zero attached hydrogens (tertiary/aromatic N) is 4. The van der Waals surface area contributed by atoms with Crippen LogP contribution in [0.5, 0.6) is 0 Å². The highest BCUT2D eigenvalue weighted by atomic mass is 35.5. The number of aryl methyl sites for hydroxylation is 1. The highest BCUT2D eigenvalue weighted by Gasteiger charge is 2.17. The molecule has 176 valence electrons. The van der Waals surface area contributed by atoms with Gasteiger partial charge < -0.3 is 25.2 Å². The average Bonchev–Trinajstić information content (AvgIpc) is 3.20. The van der Waals surface area contributed by atoms with Crippen molar-refractivity contribution in [2.45, 2.75) is 25.5 Å². The number of piperidine rings is 1. The van der Waals surface area contributed by atoms with E-state index in [0.717, 1.165) is 53.9 Å². The number of hydrogen-bond acceptors (Lipinski definition) is 6. The first kappa shape index (κ1) is 22.8. The Hall–Kier alpha value is -3.00. The van der Waals surface area contributed by atoms with Gasteiger partial charge in [-0.3, -0.25) is 0 Å². The Bertz CT molecular complexity index is 1280. The summed E-state index contributed by atoms with van der Waals surface area (Å²) in [5.41, 5.74) is 4.60. The summed E-state index contributed by atoms with van der Waals surface area (Å²) in [7, 11) is 1.96. The lowest BCUT2D eigenvalue weighted by atomic mass is 10.1. The van der Waals surface area contributed by atoms with Crippen LogP contribution in [0.25, 0.3) is 11.0 Å². The van der Waals surface area contributed by atoms with Gasteiger partial charge in [0.15, 0.2) is 5.82 Å². The lowest BCUT2D eigenvalue weighted by molar-refractivity contribution is 0.145. The Balaban J connectivity index is 1.37. The maximum atomic E-state index is 9.74. The fraction of sp³-hybridized carbons (Fsp3) is 0.280. The second-order valence-electron chi connectivity index (χ2n) is 8.50. The molecule has 34 heavy (non-hydrogen) atoms. The van der Waals surface area contributed by atoms with E-state index in [9.17, 15) is 5.11 Å². The van der Waals surface area contributed by atoms with E-state index >= 15 is 0 Å². The first-order valence-corrected chi connectivity index (χ1v) is 12.0. The standard InChI is InChI=1S/C25H26Cl2N6O/c1-32-12-11-22-23(32)24(28-15-19-20(26)3-2-4-21(19)27)31-25(30-22)29-16-5-7-17(8-6-16)33-13-9-18(34)10-14-33/h2-8,11-12,18,34H,9-10,13-15H2,1H3,(H2,28,29,30,31). The third-order valence-corrected chi connectivity index (χ3v) is 6.88. The zero-order valence-corrected chi connectivity index (χ0v) is 20.3. The number of nitrogens with one attached hydrogen (secondary N) is 2. The molecule has 2 aromatic carbocycles. The van der Waals surface area contributed by atoms with Crippen LogP contribution in [0.1, 0.15) is 18.4 Å². The Morgan fingerprint density at radius 3 is 2.41 bits per heavy atom. The molecule has 1 fully saturated rings. The zero-order chi connectivity index (χ0) is 23.7. The maximum absolute atomic E-state index is 9.74. The summed E-state index contributed by atoms with van der Waals surface area (Å²) in [4.78, 5) is 11.7. The van der Waals surface area contributed by atoms with Gasteiger partial charge in [-0.15, -0.1) is 0 Å². The SMILES string of the molecule is Cn1ccc2nc(Nc3ccc(N4CCC(O)CC4)cc3)nc(NCc3c(Cl)cccc3Cl)c21. The monoisotopic (exact) mass is 496 g/mol. The molecule has 2 aromatic heterocycles. The van der Waals surface area contributed by atoms with Gasteiger partial charge >= 0.3 is 0 Å². The fourth-order valence-corrected chi connectivity index (χ4v) is 4.79. The Morgan fingerprint density at radius 1 is 1.00 bits per heavy atom. The van der Waals surface area contributed by atoms with E-state index in [1.54, 1.807) is 0 Å². The third-order valence-electron chi connectivity index (χ3n) is 6.17. The Labute approximate surface area is 208 Å². The molecule has 1 aliphatic rings. The van der Waals surface area contributed by atoms with Gasteiger partial charge in [0.2, 0.25) is 5.95 Å². The molecule has 1 aliphatic heterocycles. The van der Waals surface area contributed by atoms with Gasteiger partial charge in [-0.1, -0.05) is 29.3 Å². The molecule has 1 saturated heterocycles. The van der Waals surface area contributed by atoms with Crippen molar-refractivity contribution in [3.8, 4) is 0 Å². The van der Waals surface area contributed by atoms with Gasteiger partial charge in [0, 0.05) is 59.9 Å². The molecular weight excluding hydrogens is 471 g/mol. The fourth-order valence-electron chi connectivity index (χ4n) is 4.25. The van der Waals surface area contributed by atoms with Crippen LogP contribution in [-0.2, 0) is 13.6 Å². The van der Waals surface area contributed by atoms with Crippen LogP contribution in [-0.4, -0.2) is 38.8 Å². The first-order chi connectivity index (χ1) is 16.5. The lowest BCUT2D eigenvalue weighted by Gasteiger charge is -2.31. The van der Waals surface area contributed by atoms with Crippen LogP contribution in [0.15, 0.2) is 54.7 Å². The summed E-state index contributed by atoms with van der Waals surface area (Å²) in [6.07, 6.45) is 3.39. The van der Waals surface area contributed by atoms with Crippen molar-refractivity contribution in [3.63, 3.8) is 0 Å². The van der Waals surface area contributed by atoms with E-state index in [0.29, 0.717) is 28.4 Å². The van der Waals surface area contributed by atoms with Crippen molar-refractivity contribution in [1.29, 1.82) is 0 Å². The van der Waals surface area contributed by atoms with E-state index < -0.39 is 0 Å². The molecule has 0 atom stereocenters. The summed E-state index contributed by atoms with van der Waals surface area (Å²) in [6.45, 7) is 2.17. The molecule has 5 rings (SSSR count). The van der Waals surface area contributed by atoms with E-state index in [1.165, 1.54) is 0 Å². The van der Waals surface area contributed by atoms with Gasteiger partial charge in [-0.2, -0.15) is 4.98 Å². The highest BCUT2D eigenvalue weighted by Crippen LogP contribution is 2.29. The van der Waals surface area contributed by atoms with Crippen molar-refractivity contribution < 1.29 is 5.11 Å². The predicted octanol–water partition coefficient (Wildman–Crippen LogP) is 5.59. The number of aliphatic hydroxyl groups is 1. The quantitative estimate of drug-likeness (QED) is 0.322. The van der Waals surface area contributed by atoms with Crippen molar-refractivity contribution in [2.24, 2.45) is 7.05 Å². The predicted molar refractivity (Wildman–Crippen MR) is 139 cm³/mol. The Kier molecular flexibility index (Phi) is 6.50. The molecule has 3 heterocycles. The number of fused-ring (bicyclic) bond motifs is 1. The number of rotatable bonds is 6. The van der Waals surface area contributed by atoms with E-state index in [2.05, 4.69) is 32.7 Å². The molecule has 0 saturated carbocycles. The molecule has 0 spiro atoms. The van der Waals surface area contributed by atoms with E-state index in [4.69, 9.17) is 28.2 Å².